The Bertz CT molecular complexity index is 1220. The number of carbonyl (C=O) groups is 2. The molecule has 4 rings (SSSR count). The molecule has 1 aromatic carbocycles. The fraction of sp³-hybridized carbons (Fsp3) is 0.613. The van der Waals surface area contributed by atoms with Gasteiger partial charge in [-0.1, -0.05) is 6.07 Å². The molecule has 0 saturated carbocycles. The summed E-state index contributed by atoms with van der Waals surface area (Å²) in [6.07, 6.45) is 7.49. The van der Waals surface area contributed by atoms with E-state index in [4.69, 9.17) is 19.7 Å². The average Bonchev–Trinajstić information content (AvgIpc) is 3.01. The lowest BCUT2D eigenvalue weighted by Gasteiger charge is -2.39. The third kappa shape index (κ3) is 9.47. The number of nitrogens with one attached hydrogen (secondary N) is 1. The van der Waals surface area contributed by atoms with Crippen LogP contribution in [-0.2, 0) is 16.0 Å². The van der Waals surface area contributed by atoms with Crippen LogP contribution in [0.2, 0.25) is 0 Å². The zero-order valence-electron chi connectivity index (χ0n) is 25.3. The molecule has 0 aliphatic carbocycles. The van der Waals surface area contributed by atoms with Gasteiger partial charge in [0.2, 0.25) is 17.8 Å². The molecule has 2 aliphatic rings. The number of benzene rings is 1. The van der Waals surface area contributed by atoms with Crippen LogP contribution >= 0.6 is 0 Å². The number of halogens is 1. The quantitative estimate of drug-likeness (QED) is 0.203. The third-order valence-electron chi connectivity index (χ3n) is 8.20. The van der Waals surface area contributed by atoms with Gasteiger partial charge in [0.25, 0.3) is 0 Å². The molecule has 2 aliphatic heterocycles. The molecule has 1 aromatic heterocycles. The van der Waals surface area contributed by atoms with Crippen molar-refractivity contribution in [1.29, 1.82) is 0 Å². The van der Waals surface area contributed by atoms with E-state index in [1.165, 1.54) is 6.07 Å². The van der Waals surface area contributed by atoms with Crippen molar-refractivity contribution in [3.8, 4) is 11.5 Å². The topological polar surface area (TPSA) is 158 Å². The predicted octanol–water partition coefficient (Wildman–Crippen LogP) is 1.31. The van der Waals surface area contributed by atoms with Crippen molar-refractivity contribution < 1.29 is 38.8 Å². The highest BCUT2D eigenvalue weighted by molar-refractivity contribution is 5.81. The van der Waals surface area contributed by atoms with Crippen molar-refractivity contribution in [2.75, 3.05) is 64.1 Å². The molecule has 0 unspecified atom stereocenters. The van der Waals surface area contributed by atoms with Crippen LogP contribution in [0.5, 0.6) is 11.5 Å². The van der Waals surface area contributed by atoms with Gasteiger partial charge in [-0.05, 0) is 50.2 Å². The van der Waals surface area contributed by atoms with Gasteiger partial charge in [-0.3, -0.25) is 9.59 Å². The van der Waals surface area contributed by atoms with Crippen LogP contribution in [0, 0.1) is 17.7 Å². The number of hydrogen-bond acceptors (Lipinski definition) is 10. The lowest BCUT2D eigenvalue weighted by atomic mass is 9.92. The van der Waals surface area contributed by atoms with Gasteiger partial charge in [0.1, 0.15) is 17.2 Å². The summed E-state index contributed by atoms with van der Waals surface area (Å²) in [6.45, 7) is 3.94. The number of aliphatic hydroxyl groups is 3. The van der Waals surface area contributed by atoms with E-state index in [1.807, 2.05) is 6.92 Å². The number of nitrogens with zero attached hydrogens (tertiary/aromatic N) is 4. The van der Waals surface area contributed by atoms with Crippen molar-refractivity contribution in [2.24, 2.45) is 11.8 Å². The Morgan fingerprint density at radius 1 is 1.07 bits per heavy atom. The molecule has 12 nitrogen and oxygen atoms in total. The minimum Gasteiger partial charge on any atom is -0.493 e. The second kappa shape index (κ2) is 16.0. The highest BCUT2D eigenvalue weighted by Gasteiger charge is 2.33. The van der Waals surface area contributed by atoms with Crippen LogP contribution in [0.15, 0.2) is 30.6 Å². The summed E-state index contributed by atoms with van der Waals surface area (Å²) in [5.74, 6) is 1.34. The molecule has 4 N–H and O–H groups in total. The summed E-state index contributed by atoms with van der Waals surface area (Å²) in [4.78, 5) is 37.3. The molecular weight excluding hydrogens is 573 g/mol. The molecule has 0 radical (unpaired) electrons. The molecule has 2 amide bonds. The lowest BCUT2D eigenvalue weighted by Crippen LogP contribution is -2.53. The van der Waals surface area contributed by atoms with Crippen molar-refractivity contribution in [2.45, 2.75) is 51.0 Å². The first-order valence-corrected chi connectivity index (χ1v) is 15.3. The van der Waals surface area contributed by atoms with E-state index in [0.29, 0.717) is 49.3 Å². The van der Waals surface area contributed by atoms with Gasteiger partial charge in [0.05, 0.1) is 51.8 Å². The summed E-state index contributed by atoms with van der Waals surface area (Å²) in [6, 6.07) is 4.58. The number of amides is 2. The van der Waals surface area contributed by atoms with Crippen LogP contribution < -0.4 is 19.7 Å². The molecule has 13 heteroatoms. The fourth-order valence-electron chi connectivity index (χ4n) is 5.40. The Kier molecular flexibility index (Phi) is 12.1. The highest BCUT2D eigenvalue weighted by atomic mass is 19.1. The fourth-order valence-corrected chi connectivity index (χ4v) is 5.40. The van der Waals surface area contributed by atoms with Gasteiger partial charge in [0, 0.05) is 44.6 Å². The number of ether oxygens (including phenoxy) is 2. The smallest absolute Gasteiger partial charge is 0.227 e. The number of likely N-dealkylation sites (tertiary alicyclic amines) is 1. The van der Waals surface area contributed by atoms with Crippen molar-refractivity contribution in [3.05, 3.63) is 42.0 Å². The number of aromatic nitrogens is 2. The summed E-state index contributed by atoms with van der Waals surface area (Å²) in [5.41, 5.74) is -1.48. The first-order chi connectivity index (χ1) is 21.2. The highest BCUT2D eigenvalue weighted by Crippen LogP contribution is 2.26. The maximum atomic E-state index is 14.7. The summed E-state index contributed by atoms with van der Waals surface area (Å²) in [7, 11) is 0. The number of hydrogen-bond donors (Lipinski definition) is 4. The van der Waals surface area contributed by atoms with Crippen molar-refractivity contribution >= 4 is 17.8 Å². The maximum absolute atomic E-state index is 14.7. The van der Waals surface area contributed by atoms with Crippen LogP contribution in [-0.4, -0.2) is 107 Å². The average molecular weight is 618 g/mol. The monoisotopic (exact) mass is 617 g/mol. The molecule has 242 valence electrons. The Morgan fingerprint density at radius 3 is 2.41 bits per heavy atom. The van der Waals surface area contributed by atoms with Gasteiger partial charge in [-0.15, -0.1) is 0 Å². The minimum absolute atomic E-state index is 0.0456. The number of rotatable bonds is 16. The largest absolute Gasteiger partial charge is 0.493 e. The van der Waals surface area contributed by atoms with Crippen LogP contribution in [0.4, 0.5) is 10.3 Å². The minimum atomic E-state index is -1.77. The number of piperidine rings is 1. The summed E-state index contributed by atoms with van der Waals surface area (Å²) in [5, 5.41) is 30.5. The predicted molar refractivity (Wildman–Crippen MR) is 160 cm³/mol. The van der Waals surface area contributed by atoms with Crippen molar-refractivity contribution in [3.63, 3.8) is 0 Å². The van der Waals surface area contributed by atoms with Gasteiger partial charge in [-0.2, -0.15) is 0 Å². The first kappa shape index (κ1) is 33.3. The lowest BCUT2D eigenvalue weighted by molar-refractivity contribution is -0.139. The summed E-state index contributed by atoms with van der Waals surface area (Å²) >= 11 is 0. The molecule has 2 fully saturated rings. The molecule has 2 saturated heterocycles. The summed E-state index contributed by atoms with van der Waals surface area (Å²) < 4.78 is 25.9. The van der Waals surface area contributed by atoms with Gasteiger partial charge >= 0.3 is 0 Å². The second-order valence-electron chi connectivity index (χ2n) is 11.7. The van der Waals surface area contributed by atoms with E-state index in [0.717, 1.165) is 44.7 Å². The van der Waals surface area contributed by atoms with Crippen LogP contribution in [0.3, 0.4) is 0 Å². The van der Waals surface area contributed by atoms with E-state index >= 15 is 0 Å². The molecule has 3 heterocycles. The van der Waals surface area contributed by atoms with Crippen LogP contribution in [0.1, 0.15) is 44.6 Å². The van der Waals surface area contributed by atoms with Crippen molar-refractivity contribution in [1.82, 2.24) is 20.2 Å². The Balaban J connectivity index is 1.10. The zero-order valence-corrected chi connectivity index (χ0v) is 25.3. The Morgan fingerprint density at radius 2 is 1.77 bits per heavy atom. The van der Waals surface area contributed by atoms with E-state index in [1.54, 1.807) is 29.4 Å². The van der Waals surface area contributed by atoms with E-state index in [9.17, 15) is 19.1 Å². The van der Waals surface area contributed by atoms with E-state index in [2.05, 4.69) is 20.2 Å². The van der Waals surface area contributed by atoms with E-state index in [-0.39, 0.29) is 37.1 Å². The molecule has 2 aromatic rings. The number of carbonyl (C=O) groups excluding carboxylic acids is 2. The SMILES string of the molecule is CCOc1cnc(N2CCC(CCCOc3ccc(CC(=O)N4CC(CC(=O)NCC(O)(CO)CO)C4)c(F)c3)CC2)nc1. The standard InChI is InChI=1S/C31H44FN5O7/c1-2-43-26-15-33-30(34-16-26)36-9-7-22(8-10-36)4-3-11-44-25-6-5-24(27(32)14-25)13-29(41)37-17-23(18-37)12-28(40)35-19-31(42,20-38)21-39/h5-6,14-16,22-23,38-39,42H,2-4,7-13,17-21H2,1H3,(H,35,40). The Labute approximate surface area is 257 Å². The number of anilines is 1. The van der Waals surface area contributed by atoms with Gasteiger partial charge < -0.3 is 39.9 Å². The molecule has 44 heavy (non-hydrogen) atoms. The number of aliphatic hydroxyl groups excluding tert-OH is 2. The molecule has 0 spiro atoms. The normalized spacial score (nSPS) is 16.0. The zero-order chi connectivity index (χ0) is 31.5. The van der Waals surface area contributed by atoms with Gasteiger partial charge in [-0.25, -0.2) is 14.4 Å². The second-order valence-corrected chi connectivity index (χ2v) is 11.7. The van der Waals surface area contributed by atoms with E-state index < -0.39 is 24.6 Å². The maximum Gasteiger partial charge on any atom is 0.227 e. The van der Waals surface area contributed by atoms with Crippen LogP contribution in [0.25, 0.3) is 0 Å². The molecular formula is C31H44FN5O7. The first-order valence-electron chi connectivity index (χ1n) is 15.3. The molecule has 0 atom stereocenters. The third-order valence-corrected chi connectivity index (χ3v) is 8.20. The Hall–Kier alpha value is -3.55. The molecule has 0 bridgehead atoms. The van der Waals surface area contributed by atoms with Gasteiger partial charge in [0.15, 0.2) is 5.75 Å².